The highest BCUT2D eigenvalue weighted by Gasteiger charge is 2.14. The van der Waals surface area contributed by atoms with E-state index in [4.69, 9.17) is 11.6 Å². The fourth-order valence-corrected chi connectivity index (χ4v) is 1.88. The number of non-ortho nitro benzene ring substituents is 1. The molecule has 2 aromatic rings. The number of rotatable bonds is 3. The predicted octanol–water partition coefficient (Wildman–Crippen LogP) is 3.52. The number of nitro benzene ring substituents is 1. The molecule has 0 spiro atoms. The highest BCUT2D eigenvalue weighted by atomic mass is 35.5. The second-order valence-corrected chi connectivity index (χ2v) is 4.71. The van der Waals surface area contributed by atoms with Crippen LogP contribution in [0.25, 0.3) is 0 Å². The van der Waals surface area contributed by atoms with Crippen LogP contribution in [0.5, 0.6) is 0 Å². The Bertz CT molecular complexity index is 787. The molecule has 0 saturated carbocycles. The molecule has 0 bridgehead atoms. The Morgan fingerprint density at radius 1 is 1.30 bits per heavy atom. The summed E-state index contributed by atoms with van der Waals surface area (Å²) < 4.78 is 0. The predicted molar refractivity (Wildman–Crippen MR) is 89.2 cm³/mol. The molecular weight excluding hydrogens is 322 g/mol. The highest BCUT2D eigenvalue weighted by Crippen LogP contribution is 2.21. The molecule has 1 heterocycles. The molecule has 0 unspecified atom stereocenters. The second kappa shape index (κ2) is 8.09. The van der Waals surface area contributed by atoms with Gasteiger partial charge in [0.25, 0.3) is 17.2 Å². The Hall–Kier alpha value is -2.67. The van der Waals surface area contributed by atoms with Gasteiger partial charge in [-0.3, -0.25) is 19.7 Å². The third-order valence-electron chi connectivity index (χ3n) is 2.78. The van der Waals surface area contributed by atoms with Crippen LogP contribution in [0.4, 0.5) is 11.4 Å². The Balaban J connectivity index is 0.00000127. The molecule has 0 aliphatic rings. The molecule has 122 valence electrons. The minimum Gasteiger partial charge on any atom is -0.327 e. The molecule has 0 saturated heterocycles. The van der Waals surface area contributed by atoms with E-state index in [9.17, 15) is 19.7 Å². The number of aromatic nitrogens is 1. The fraction of sp³-hybridized carbons (Fsp3) is 0.200. The van der Waals surface area contributed by atoms with Crippen molar-refractivity contribution in [3.05, 3.63) is 67.1 Å². The molecule has 2 N–H and O–H groups in total. The summed E-state index contributed by atoms with van der Waals surface area (Å²) in [5.74, 6) is -0.643. The number of benzene rings is 1. The number of amides is 1. The van der Waals surface area contributed by atoms with E-state index in [1.165, 1.54) is 30.5 Å². The summed E-state index contributed by atoms with van der Waals surface area (Å²) in [5, 5.41) is 13.4. The van der Waals surface area contributed by atoms with E-state index in [1.54, 1.807) is 6.92 Å². The lowest BCUT2D eigenvalue weighted by atomic mass is 10.1. The molecule has 8 heteroatoms. The van der Waals surface area contributed by atoms with Gasteiger partial charge in [0.1, 0.15) is 5.56 Å². The number of nitrogens with one attached hydrogen (secondary N) is 2. The Labute approximate surface area is 137 Å². The topological polar surface area (TPSA) is 105 Å². The lowest BCUT2D eigenvalue weighted by Gasteiger charge is -2.08. The molecule has 0 aliphatic heterocycles. The van der Waals surface area contributed by atoms with Gasteiger partial charge in [-0.15, -0.1) is 0 Å². The van der Waals surface area contributed by atoms with Crippen LogP contribution in [0.2, 0.25) is 5.02 Å². The van der Waals surface area contributed by atoms with Crippen molar-refractivity contribution in [2.75, 3.05) is 5.32 Å². The normalized spacial score (nSPS) is 9.57. The zero-order valence-corrected chi connectivity index (χ0v) is 13.6. The zero-order chi connectivity index (χ0) is 17.6. The van der Waals surface area contributed by atoms with Gasteiger partial charge in [-0.2, -0.15) is 0 Å². The van der Waals surface area contributed by atoms with E-state index in [-0.39, 0.29) is 16.3 Å². The third kappa shape index (κ3) is 4.65. The van der Waals surface area contributed by atoms with Gasteiger partial charge in [0.05, 0.1) is 9.95 Å². The summed E-state index contributed by atoms with van der Waals surface area (Å²) in [4.78, 5) is 36.1. The number of carbonyl (C=O) groups excluding carboxylic acids is 1. The minimum absolute atomic E-state index is 0.0777. The summed E-state index contributed by atoms with van der Waals surface area (Å²) in [7, 11) is 0. The maximum Gasteiger partial charge on any atom is 0.269 e. The van der Waals surface area contributed by atoms with Crippen LogP contribution >= 0.6 is 11.6 Å². The van der Waals surface area contributed by atoms with E-state index >= 15 is 0 Å². The molecule has 1 aromatic heterocycles. The first-order valence-electron chi connectivity index (χ1n) is 6.83. The molecular formula is C15H16ClN3O4. The molecule has 0 radical (unpaired) electrons. The SMILES string of the molecule is CC.Cc1cc([N+](=O)[O-])ccc1NC(=O)c1cc(Cl)c[nH]c1=O. The number of hydrogen-bond acceptors (Lipinski definition) is 4. The van der Waals surface area contributed by atoms with E-state index in [0.717, 1.165) is 0 Å². The smallest absolute Gasteiger partial charge is 0.269 e. The summed E-state index contributed by atoms with van der Waals surface area (Å²) in [5.41, 5.74) is 0.101. The number of halogens is 1. The van der Waals surface area contributed by atoms with E-state index in [1.807, 2.05) is 13.8 Å². The van der Waals surface area contributed by atoms with Crippen molar-refractivity contribution in [1.82, 2.24) is 4.98 Å². The van der Waals surface area contributed by atoms with Gasteiger partial charge in [0.2, 0.25) is 0 Å². The first-order chi connectivity index (χ1) is 10.9. The van der Waals surface area contributed by atoms with Gasteiger partial charge >= 0.3 is 0 Å². The maximum atomic E-state index is 12.0. The summed E-state index contributed by atoms with van der Waals surface area (Å²) in [6, 6.07) is 5.25. The van der Waals surface area contributed by atoms with Gasteiger partial charge in [-0.05, 0) is 24.6 Å². The average molecular weight is 338 g/mol. The summed E-state index contributed by atoms with van der Waals surface area (Å²) in [6.07, 6.45) is 1.28. The molecule has 0 atom stereocenters. The van der Waals surface area contributed by atoms with Crippen molar-refractivity contribution in [2.45, 2.75) is 20.8 Å². The lowest BCUT2D eigenvalue weighted by molar-refractivity contribution is -0.384. The van der Waals surface area contributed by atoms with Crippen LogP contribution in [-0.4, -0.2) is 15.8 Å². The number of aromatic amines is 1. The Kier molecular flexibility index (Phi) is 6.47. The summed E-state index contributed by atoms with van der Waals surface area (Å²) in [6.45, 7) is 5.62. The molecule has 2 rings (SSSR count). The van der Waals surface area contributed by atoms with Crippen molar-refractivity contribution in [3.8, 4) is 0 Å². The third-order valence-corrected chi connectivity index (χ3v) is 3.00. The van der Waals surface area contributed by atoms with Crippen LogP contribution in [0.1, 0.15) is 29.8 Å². The summed E-state index contributed by atoms with van der Waals surface area (Å²) >= 11 is 5.73. The fourth-order valence-electron chi connectivity index (χ4n) is 1.72. The van der Waals surface area contributed by atoms with Gasteiger partial charge in [0.15, 0.2) is 0 Å². The standard InChI is InChI=1S/C13H10ClN3O4.C2H6/c1-7-4-9(17(20)21)2-3-11(7)16-13(19)10-5-8(14)6-15-12(10)18;1-2/h2-6H,1H3,(H,15,18)(H,16,19);1-2H3. The Morgan fingerprint density at radius 2 is 1.96 bits per heavy atom. The van der Waals surface area contributed by atoms with Crippen molar-refractivity contribution >= 4 is 28.9 Å². The number of hydrogen-bond donors (Lipinski definition) is 2. The van der Waals surface area contributed by atoms with Gasteiger partial charge in [-0.1, -0.05) is 25.4 Å². The number of H-pyrrole nitrogens is 1. The highest BCUT2D eigenvalue weighted by molar-refractivity contribution is 6.30. The molecule has 7 nitrogen and oxygen atoms in total. The molecule has 0 aliphatic carbocycles. The van der Waals surface area contributed by atoms with Crippen LogP contribution in [0.15, 0.2) is 35.3 Å². The first-order valence-corrected chi connectivity index (χ1v) is 7.21. The van der Waals surface area contributed by atoms with Crippen LogP contribution < -0.4 is 10.9 Å². The number of nitro groups is 1. The molecule has 1 aromatic carbocycles. The number of anilines is 1. The van der Waals surface area contributed by atoms with E-state index in [2.05, 4.69) is 10.3 Å². The first kappa shape index (κ1) is 18.4. The van der Waals surface area contributed by atoms with Gasteiger partial charge in [-0.25, -0.2) is 0 Å². The van der Waals surface area contributed by atoms with Crippen molar-refractivity contribution in [1.29, 1.82) is 0 Å². The van der Waals surface area contributed by atoms with Gasteiger partial charge < -0.3 is 10.3 Å². The van der Waals surface area contributed by atoms with Crippen LogP contribution in [0.3, 0.4) is 0 Å². The average Bonchev–Trinajstić information content (AvgIpc) is 2.53. The van der Waals surface area contributed by atoms with Crippen LogP contribution in [-0.2, 0) is 0 Å². The molecule has 0 fully saturated rings. The van der Waals surface area contributed by atoms with Crippen molar-refractivity contribution in [3.63, 3.8) is 0 Å². The van der Waals surface area contributed by atoms with Crippen LogP contribution in [0, 0.1) is 17.0 Å². The Morgan fingerprint density at radius 3 is 2.52 bits per heavy atom. The number of aryl methyl sites for hydroxylation is 1. The number of pyridine rings is 1. The van der Waals surface area contributed by atoms with Crippen molar-refractivity contribution in [2.24, 2.45) is 0 Å². The molecule has 1 amide bonds. The second-order valence-electron chi connectivity index (χ2n) is 4.27. The largest absolute Gasteiger partial charge is 0.327 e. The quantitative estimate of drug-likeness (QED) is 0.660. The monoisotopic (exact) mass is 337 g/mol. The molecule has 23 heavy (non-hydrogen) atoms. The lowest BCUT2D eigenvalue weighted by Crippen LogP contribution is -2.23. The van der Waals surface area contributed by atoms with E-state index < -0.39 is 16.4 Å². The van der Waals surface area contributed by atoms with E-state index in [0.29, 0.717) is 11.3 Å². The van der Waals surface area contributed by atoms with Gasteiger partial charge in [0, 0.05) is 24.0 Å². The maximum absolute atomic E-state index is 12.0. The number of carbonyl (C=O) groups is 1. The zero-order valence-electron chi connectivity index (χ0n) is 12.8. The minimum atomic E-state index is -0.643. The number of nitrogens with zero attached hydrogens (tertiary/aromatic N) is 1. The van der Waals surface area contributed by atoms with Crippen molar-refractivity contribution < 1.29 is 9.72 Å².